The third kappa shape index (κ3) is 5.47. The van der Waals surface area contributed by atoms with E-state index in [1.165, 1.54) is 12.1 Å². The summed E-state index contributed by atoms with van der Waals surface area (Å²) in [5.41, 5.74) is 5.88. The van der Waals surface area contributed by atoms with Gasteiger partial charge in [-0.05, 0) is 36.4 Å². The summed E-state index contributed by atoms with van der Waals surface area (Å²) in [4.78, 5) is 11.9. The maximum Gasteiger partial charge on any atom is 0.137 e. The van der Waals surface area contributed by atoms with E-state index in [0.717, 1.165) is 12.5 Å². The summed E-state index contributed by atoms with van der Waals surface area (Å²) in [6, 6.07) is 3.29. The lowest BCUT2D eigenvalue weighted by molar-refractivity contribution is -0.119. The van der Waals surface area contributed by atoms with Crippen molar-refractivity contribution in [3.63, 3.8) is 0 Å². The van der Waals surface area contributed by atoms with Crippen LogP contribution in [-0.4, -0.2) is 12.3 Å². The second-order valence-corrected chi connectivity index (χ2v) is 5.39. The highest BCUT2D eigenvalue weighted by molar-refractivity contribution is 5.81. The van der Waals surface area contributed by atoms with E-state index in [-0.39, 0.29) is 23.7 Å². The van der Waals surface area contributed by atoms with Crippen molar-refractivity contribution in [2.75, 3.05) is 6.54 Å². The normalized spacial score (nSPS) is 12.7. The molecule has 1 atom stereocenters. The summed E-state index contributed by atoms with van der Waals surface area (Å²) >= 11 is 0. The van der Waals surface area contributed by atoms with Crippen molar-refractivity contribution in [3.8, 4) is 0 Å². The topological polar surface area (TPSA) is 43.1 Å². The summed E-state index contributed by atoms with van der Waals surface area (Å²) < 4.78 is 26.2. The standard InChI is InChI=1S/C15H21F2NO/c1-10(2)5-11(9-18)6-14(19)7-12-3-4-13(16)8-15(12)17/h3-4,8,10-11H,5-7,9,18H2,1-2H3. The number of Topliss-reactive ketones (excluding diaryl/α,β-unsaturated/α-hetero) is 1. The van der Waals surface area contributed by atoms with E-state index in [9.17, 15) is 13.6 Å². The predicted molar refractivity (Wildman–Crippen MR) is 71.7 cm³/mol. The number of benzene rings is 1. The molecule has 19 heavy (non-hydrogen) atoms. The van der Waals surface area contributed by atoms with Crippen LogP contribution in [0.2, 0.25) is 0 Å². The first-order valence-electron chi connectivity index (χ1n) is 6.58. The van der Waals surface area contributed by atoms with Gasteiger partial charge >= 0.3 is 0 Å². The first kappa shape index (κ1) is 15.8. The highest BCUT2D eigenvalue weighted by Gasteiger charge is 2.16. The van der Waals surface area contributed by atoms with Gasteiger partial charge in [0.2, 0.25) is 0 Å². The van der Waals surface area contributed by atoms with Crippen LogP contribution in [0.15, 0.2) is 18.2 Å². The molecule has 1 aromatic carbocycles. The van der Waals surface area contributed by atoms with Gasteiger partial charge in [0, 0.05) is 18.9 Å². The first-order valence-corrected chi connectivity index (χ1v) is 6.58. The minimum Gasteiger partial charge on any atom is -0.330 e. The number of carbonyl (C=O) groups is 1. The molecule has 0 aliphatic heterocycles. The van der Waals surface area contributed by atoms with Gasteiger partial charge in [0.15, 0.2) is 0 Å². The Hall–Kier alpha value is -1.29. The second-order valence-electron chi connectivity index (χ2n) is 5.39. The van der Waals surface area contributed by atoms with Crippen LogP contribution in [-0.2, 0) is 11.2 Å². The molecule has 0 aromatic heterocycles. The van der Waals surface area contributed by atoms with Crippen molar-refractivity contribution >= 4 is 5.78 Å². The van der Waals surface area contributed by atoms with Gasteiger partial charge in [-0.2, -0.15) is 0 Å². The van der Waals surface area contributed by atoms with Gasteiger partial charge in [-0.25, -0.2) is 8.78 Å². The highest BCUT2D eigenvalue weighted by atomic mass is 19.1. The summed E-state index contributed by atoms with van der Waals surface area (Å²) in [5, 5.41) is 0. The lowest BCUT2D eigenvalue weighted by atomic mass is 9.91. The van der Waals surface area contributed by atoms with E-state index in [2.05, 4.69) is 13.8 Å². The molecule has 0 aliphatic carbocycles. The zero-order valence-corrected chi connectivity index (χ0v) is 11.5. The highest BCUT2D eigenvalue weighted by Crippen LogP contribution is 2.17. The molecule has 0 spiro atoms. The SMILES string of the molecule is CC(C)CC(CN)CC(=O)Cc1ccc(F)cc1F. The van der Waals surface area contributed by atoms with E-state index in [1.807, 2.05) is 0 Å². The molecule has 0 radical (unpaired) electrons. The Bertz CT molecular complexity index is 432. The summed E-state index contributed by atoms with van der Waals surface area (Å²) in [6.07, 6.45) is 1.24. The molecule has 0 saturated heterocycles. The van der Waals surface area contributed by atoms with Crippen LogP contribution in [0.25, 0.3) is 0 Å². The zero-order chi connectivity index (χ0) is 14.4. The minimum absolute atomic E-state index is 0.000703. The molecular formula is C15H21F2NO. The average Bonchev–Trinajstić information content (AvgIpc) is 2.31. The molecule has 0 aliphatic rings. The number of halogens is 2. The Balaban J connectivity index is 2.59. The molecule has 1 rings (SSSR count). The number of hydrogen-bond donors (Lipinski definition) is 1. The Labute approximate surface area is 113 Å². The maximum atomic E-state index is 13.4. The molecule has 1 aromatic rings. The van der Waals surface area contributed by atoms with Crippen LogP contribution in [0.3, 0.4) is 0 Å². The van der Waals surface area contributed by atoms with E-state index < -0.39 is 11.6 Å². The van der Waals surface area contributed by atoms with Gasteiger partial charge in [0.25, 0.3) is 0 Å². The van der Waals surface area contributed by atoms with E-state index in [0.29, 0.717) is 18.9 Å². The molecule has 1 unspecified atom stereocenters. The third-order valence-electron chi connectivity index (χ3n) is 3.06. The zero-order valence-electron chi connectivity index (χ0n) is 11.5. The molecule has 0 heterocycles. The number of nitrogens with two attached hydrogens (primary N) is 1. The van der Waals surface area contributed by atoms with Crippen molar-refractivity contribution in [2.45, 2.75) is 33.1 Å². The fraction of sp³-hybridized carbons (Fsp3) is 0.533. The first-order chi connectivity index (χ1) is 8.92. The van der Waals surface area contributed by atoms with Crippen molar-refractivity contribution in [1.29, 1.82) is 0 Å². The molecule has 2 N–H and O–H groups in total. The van der Waals surface area contributed by atoms with Crippen molar-refractivity contribution in [1.82, 2.24) is 0 Å². The molecule has 106 valence electrons. The van der Waals surface area contributed by atoms with Crippen molar-refractivity contribution in [2.24, 2.45) is 17.6 Å². The van der Waals surface area contributed by atoms with Crippen LogP contribution in [0.5, 0.6) is 0 Å². The summed E-state index contributed by atoms with van der Waals surface area (Å²) in [7, 11) is 0. The Morgan fingerprint density at radius 1 is 1.32 bits per heavy atom. The monoisotopic (exact) mass is 269 g/mol. The molecule has 0 saturated carbocycles. The molecular weight excluding hydrogens is 248 g/mol. The van der Waals surface area contributed by atoms with Crippen LogP contribution in [0, 0.1) is 23.5 Å². The summed E-state index contributed by atoms with van der Waals surface area (Å²) in [5.74, 6) is -0.739. The molecule has 2 nitrogen and oxygen atoms in total. The quantitative estimate of drug-likeness (QED) is 0.826. The average molecular weight is 269 g/mol. The number of hydrogen-bond acceptors (Lipinski definition) is 2. The van der Waals surface area contributed by atoms with Gasteiger partial charge in [-0.15, -0.1) is 0 Å². The van der Waals surface area contributed by atoms with Crippen molar-refractivity contribution < 1.29 is 13.6 Å². The Morgan fingerprint density at radius 2 is 2.00 bits per heavy atom. The van der Waals surface area contributed by atoms with Crippen LogP contribution in [0.1, 0.15) is 32.3 Å². The fourth-order valence-corrected chi connectivity index (χ4v) is 2.20. The smallest absolute Gasteiger partial charge is 0.137 e. The van der Waals surface area contributed by atoms with Gasteiger partial charge in [0.05, 0.1) is 0 Å². The van der Waals surface area contributed by atoms with Crippen LogP contribution < -0.4 is 5.73 Å². The molecule has 0 amide bonds. The molecule has 0 bridgehead atoms. The van der Waals surface area contributed by atoms with Crippen LogP contribution >= 0.6 is 0 Å². The van der Waals surface area contributed by atoms with Gasteiger partial charge < -0.3 is 5.73 Å². The largest absolute Gasteiger partial charge is 0.330 e. The maximum absolute atomic E-state index is 13.4. The summed E-state index contributed by atoms with van der Waals surface area (Å²) in [6.45, 7) is 4.61. The molecule has 0 fully saturated rings. The molecule has 4 heteroatoms. The Morgan fingerprint density at radius 3 is 2.53 bits per heavy atom. The number of rotatable bonds is 7. The minimum atomic E-state index is -0.665. The van der Waals surface area contributed by atoms with E-state index in [4.69, 9.17) is 5.73 Å². The number of ketones is 1. The van der Waals surface area contributed by atoms with E-state index in [1.54, 1.807) is 0 Å². The van der Waals surface area contributed by atoms with Gasteiger partial charge in [0.1, 0.15) is 17.4 Å². The van der Waals surface area contributed by atoms with E-state index >= 15 is 0 Å². The van der Waals surface area contributed by atoms with Crippen molar-refractivity contribution in [3.05, 3.63) is 35.4 Å². The van der Waals surface area contributed by atoms with Gasteiger partial charge in [-0.1, -0.05) is 19.9 Å². The van der Waals surface area contributed by atoms with Crippen LogP contribution in [0.4, 0.5) is 8.78 Å². The number of carbonyl (C=O) groups excluding carboxylic acids is 1. The van der Waals surface area contributed by atoms with Gasteiger partial charge in [-0.3, -0.25) is 4.79 Å². The second kappa shape index (κ2) is 7.34. The lowest BCUT2D eigenvalue weighted by Crippen LogP contribution is -2.21. The lowest BCUT2D eigenvalue weighted by Gasteiger charge is -2.16. The Kier molecular flexibility index (Phi) is 6.09. The fourth-order valence-electron chi connectivity index (χ4n) is 2.20. The predicted octanol–water partition coefficient (Wildman–Crippen LogP) is 3.09. The third-order valence-corrected chi connectivity index (χ3v) is 3.06.